The highest BCUT2D eigenvalue weighted by molar-refractivity contribution is 5.87. The fraction of sp³-hybridized carbons (Fsp3) is 0.450. The SMILES string of the molecule is CC(=O)Nc1cc(CCC2CCN(Cc3cccnc3)CC2)ccn1. The zero-order valence-corrected chi connectivity index (χ0v) is 14.8. The summed E-state index contributed by atoms with van der Waals surface area (Å²) in [5, 5.41) is 2.75. The molecule has 1 N–H and O–H groups in total. The van der Waals surface area contributed by atoms with Crippen LogP contribution in [-0.2, 0) is 17.8 Å². The van der Waals surface area contributed by atoms with Crippen LogP contribution in [0.4, 0.5) is 5.82 Å². The van der Waals surface area contributed by atoms with Crippen molar-refractivity contribution in [3.63, 3.8) is 0 Å². The summed E-state index contributed by atoms with van der Waals surface area (Å²) in [6.07, 6.45) is 10.3. The van der Waals surface area contributed by atoms with Crippen LogP contribution in [0.2, 0.25) is 0 Å². The minimum Gasteiger partial charge on any atom is -0.311 e. The summed E-state index contributed by atoms with van der Waals surface area (Å²) < 4.78 is 0. The molecular weight excluding hydrogens is 312 g/mol. The summed E-state index contributed by atoms with van der Waals surface area (Å²) in [6.45, 7) is 4.83. The van der Waals surface area contributed by atoms with Gasteiger partial charge in [0.15, 0.2) is 0 Å². The number of aromatic nitrogens is 2. The van der Waals surface area contributed by atoms with Gasteiger partial charge in [-0.15, -0.1) is 0 Å². The van der Waals surface area contributed by atoms with E-state index >= 15 is 0 Å². The van der Waals surface area contributed by atoms with Crippen molar-refractivity contribution in [2.75, 3.05) is 18.4 Å². The molecule has 0 unspecified atom stereocenters. The molecule has 2 aromatic rings. The van der Waals surface area contributed by atoms with Crippen LogP contribution in [0.15, 0.2) is 42.9 Å². The lowest BCUT2D eigenvalue weighted by molar-refractivity contribution is -0.114. The molecule has 0 aliphatic carbocycles. The first-order chi connectivity index (χ1) is 12.2. The van der Waals surface area contributed by atoms with E-state index in [0.717, 1.165) is 32.0 Å². The number of carbonyl (C=O) groups is 1. The molecule has 5 nitrogen and oxygen atoms in total. The lowest BCUT2D eigenvalue weighted by Crippen LogP contribution is -2.33. The third-order valence-corrected chi connectivity index (χ3v) is 4.81. The quantitative estimate of drug-likeness (QED) is 0.878. The predicted octanol–water partition coefficient (Wildman–Crippen LogP) is 3.28. The van der Waals surface area contributed by atoms with Crippen molar-refractivity contribution in [2.45, 2.75) is 39.2 Å². The highest BCUT2D eigenvalue weighted by atomic mass is 16.1. The van der Waals surface area contributed by atoms with Crippen LogP contribution in [0.1, 0.15) is 37.3 Å². The molecule has 0 spiro atoms. The molecule has 0 radical (unpaired) electrons. The van der Waals surface area contributed by atoms with Crippen molar-refractivity contribution < 1.29 is 4.79 Å². The van der Waals surface area contributed by atoms with Gasteiger partial charge in [0.2, 0.25) is 5.91 Å². The highest BCUT2D eigenvalue weighted by Crippen LogP contribution is 2.23. The van der Waals surface area contributed by atoms with E-state index in [0.29, 0.717) is 5.82 Å². The molecule has 0 aromatic carbocycles. The molecule has 1 aliphatic heterocycles. The van der Waals surface area contributed by atoms with Gasteiger partial charge in [0, 0.05) is 32.1 Å². The molecule has 1 amide bonds. The maximum absolute atomic E-state index is 11.1. The fourth-order valence-electron chi connectivity index (χ4n) is 3.43. The number of nitrogens with zero attached hydrogens (tertiary/aromatic N) is 3. The minimum atomic E-state index is -0.0781. The van der Waals surface area contributed by atoms with Gasteiger partial charge in [0.1, 0.15) is 5.82 Å². The van der Waals surface area contributed by atoms with Crippen molar-refractivity contribution in [3.8, 4) is 0 Å². The van der Waals surface area contributed by atoms with Gasteiger partial charge in [-0.05, 0) is 74.0 Å². The molecule has 1 aliphatic rings. The normalized spacial score (nSPS) is 15.9. The van der Waals surface area contributed by atoms with Gasteiger partial charge < -0.3 is 5.32 Å². The minimum absolute atomic E-state index is 0.0781. The van der Waals surface area contributed by atoms with Crippen molar-refractivity contribution >= 4 is 11.7 Å². The van der Waals surface area contributed by atoms with Gasteiger partial charge in [-0.25, -0.2) is 4.98 Å². The number of amides is 1. The van der Waals surface area contributed by atoms with Crippen LogP contribution in [0.3, 0.4) is 0 Å². The summed E-state index contributed by atoms with van der Waals surface area (Å²) in [5.41, 5.74) is 2.54. The average Bonchev–Trinajstić information content (AvgIpc) is 2.62. The zero-order chi connectivity index (χ0) is 17.5. The molecule has 1 saturated heterocycles. The molecule has 25 heavy (non-hydrogen) atoms. The van der Waals surface area contributed by atoms with Gasteiger partial charge >= 0.3 is 0 Å². The summed E-state index contributed by atoms with van der Waals surface area (Å²) in [6, 6.07) is 8.18. The summed E-state index contributed by atoms with van der Waals surface area (Å²) in [7, 11) is 0. The highest BCUT2D eigenvalue weighted by Gasteiger charge is 2.19. The number of piperidine rings is 1. The number of likely N-dealkylation sites (tertiary alicyclic amines) is 1. The van der Waals surface area contributed by atoms with E-state index in [1.54, 1.807) is 6.20 Å². The second-order valence-electron chi connectivity index (χ2n) is 6.85. The van der Waals surface area contributed by atoms with Crippen LogP contribution in [0.25, 0.3) is 0 Å². The molecule has 132 valence electrons. The molecule has 0 bridgehead atoms. The first kappa shape index (κ1) is 17.5. The number of hydrogen-bond acceptors (Lipinski definition) is 4. The third-order valence-electron chi connectivity index (χ3n) is 4.81. The van der Waals surface area contributed by atoms with Crippen molar-refractivity contribution in [1.82, 2.24) is 14.9 Å². The standard InChI is InChI=1S/C20H26N4O/c1-16(25)23-20-13-18(6-10-22-20)5-4-17-7-11-24(12-8-17)15-19-3-2-9-21-14-19/h2-3,6,9-10,13-14,17H,4-5,7-8,11-12,15H2,1H3,(H,22,23,25). The van der Waals surface area contributed by atoms with Gasteiger partial charge in [0.05, 0.1) is 0 Å². The Kier molecular flexibility index (Phi) is 6.12. The lowest BCUT2D eigenvalue weighted by Gasteiger charge is -2.32. The Hall–Kier alpha value is -2.27. The first-order valence-electron chi connectivity index (χ1n) is 9.03. The van der Waals surface area contributed by atoms with E-state index in [9.17, 15) is 4.79 Å². The van der Waals surface area contributed by atoms with Gasteiger partial charge in [-0.2, -0.15) is 0 Å². The molecule has 3 heterocycles. The Bertz CT molecular complexity index is 681. The second kappa shape index (κ2) is 8.72. The van der Waals surface area contributed by atoms with Crippen LogP contribution in [0.5, 0.6) is 0 Å². The smallest absolute Gasteiger partial charge is 0.222 e. The number of rotatable bonds is 6. The topological polar surface area (TPSA) is 58.1 Å². The predicted molar refractivity (Wildman–Crippen MR) is 99.1 cm³/mol. The fourth-order valence-corrected chi connectivity index (χ4v) is 3.43. The number of carbonyl (C=O) groups excluding carboxylic acids is 1. The van der Waals surface area contributed by atoms with Crippen LogP contribution >= 0.6 is 0 Å². The number of nitrogens with one attached hydrogen (secondary N) is 1. The van der Waals surface area contributed by atoms with E-state index in [1.807, 2.05) is 30.6 Å². The molecule has 0 saturated carbocycles. The number of hydrogen-bond donors (Lipinski definition) is 1. The van der Waals surface area contributed by atoms with Crippen molar-refractivity contribution in [2.24, 2.45) is 5.92 Å². The third kappa shape index (κ3) is 5.64. The van der Waals surface area contributed by atoms with Crippen LogP contribution in [0, 0.1) is 5.92 Å². The Morgan fingerprint density at radius 2 is 2.08 bits per heavy atom. The van der Waals surface area contributed by atoms with E-state index in [1.165, 1.54) is 37.3 Å². The summed E-state index contributed by atoms with van der Waals surface area (Å²) in [5.74, 6) is 1.35. The van der Waals surface area contributed by atoms with Crippen LogP contribution < -0.4 is 5.32 Å². The monoisotopic (exact) mass is 338 g/mol. The second-order valence-corrected chi connectivity index (χ2v) is 6.85. The molecule has 5 heteroatoms. The van der Waals surface area contributed by atoms with Crippen molar-refractivity contribution in [1.29, 1.82) is 0 Å². The van der Waals surface area contributed by atoms with Gasteiger partial charge in [-0.3, -0.25) is 14.7 Å². The number of pyridine rings is 2. The van der Waals surface area contributed by atoms with Gasteiger partial charge in [-0.1, -0.05) is 6.07 Å². The van der Waals surface area contributed by atoms with E-state index in [2.05, 4.69) is 26.3 Å². The first-order valence-corrected chi connectivity index (χ1v) is 9.03. The summed E-state index contributed by atoms with van der Waals surface area (Å²) in [4.78, 5) is 22.0. The molecular formula is C20H26N4O. The molecule has 3 rings (SSSR count). The Balaban J connectivity index is 1.43. The largest absolute Gasteiger partial charge is 0.311 e. The van der Waals surface area contributed by atoms with Crippen molar-refractivity contribution in [3.05, 3.63) is 54.0 Å². The maximum Gasteiger partial charge on any atom is 0.222 e. The molecule has 1 fully saturated rings. The summed E-state index contributed by atoms with van der Waals surface area (Å²) >= 11 is 0. The maximum atomic E-state index is 11.1. The molecule has 2 aromatic heterocycles. The number of anilines is 1. The van der Waals surface area contributed by atoms with E-state index in [4.69, 9.17) is 0 Å². The Labute approximate surface area is 149 Å². The zero-order valence-electron chi connectivity index (χ0n) is 14.8. The molecule has 0 atom stereocenters. The number of aryl methyl sites for hydroxylation is 1. The van der Waals surface area contributed by atoms with Crippen LogP contribution in [-0.4, -0.2) is 33.9 Å². The Morgan fingerprint density at radius 3 is 2.80 bits per heavy atom. The Morgan fingerprint density at radius 1 is 1.24 bits per heavy atom. The lowest BCUT2D eigenvalue weighted by atomic mass is 9.90. The van der Waals surface area contributed by atoms with E-state index in [-0.39, 0.29) is 5.91 Å². The average molecular weight is 338 g/mol. The van der Waals surface area contributed by atoms with Gasteiger partial charge in [0.25, 0.3) is 0 Å². The van der Waals surface area contributed by atoms with E-state index < -0.39 is 0 Å².